The van der Waals surface area contributed by atoms with Crippen LogP contribution < -0.4 is 5.32 Å². The molecule has 7 heteroatoms. The van der Waals surface area contributed by atoms with Gasteiger partial charge in [0.2, 0.25) is 0 Å². The van der Waals surface area contributed by atoms with Gasteiger partial charge in [-0.3, -0.25) is 4.79 Å². The molecular formula is C18H18ClN5O. The molecule has 0 aromatic carbocycles. The molecule has 3 aromatic rings. The van der Waals surface area contributed by atoms with E-state index in [0.29, 0.717) is 33.7 Å². The number of halogens is 1. The van der Waals surface area contributed by atoms with Crippen molar-refractivity contribution in [2.75, 3.05) is 0 Å². The Morgan fingerprint density at radius 3 is 2.84 bits per heavy atom. The summed E-state index contributed by atoms with van der Waals surface area (Å²) in [5.74, 6) is 0.448. The topological polar surface area (TPSA) is 72.2 Å². The zero-order valence-corrected chi connectivity index (χ0v) is 14.8. The van der Waals surface area contributed by atoms with Crippen LogP contribution in [0, 0.1) is 12.8 Å². The minimum atomic E-state index is -0.141. The third kappa shape index (κ3) is 3.09. The summed E-state index contributed by atoms with van der Waals surface area (Å²) in [6, 6.07) is 7.43. The number of pyridine rings is 1. The van der Waals surface area contributed by atoms with Crippen LogP contribution in [0.4, 0.5) is 0 Å². The molecule has 3 heterocycles. The standard InChI is InChI=1S/C18H18ClN5O/c1-10-8-15(14-4-3-5-16(19)22-14)23-17-13(9-20-24(10)17)18(25)21-11(2)12-6-7-12/h3-5,8-9,11-12H,6-7H2,1-2H3,(H,21,25)/t11-/m1/s1. The molecular weight excluding hydrogens is 338 g/mol. The largest absolute Gasteiger partial charge is 0.349 e. The molecule has 1 aliphatic carbocycles. The molecule has 1 saturated carbocycles. The van der Waals surface area contributed by atoms with E-state index in [1.54, 1.807) is 16.8 Å². The van der Waals surface area contributed by atoms with Crippen LogP contribution in [-0.2, 0) is 0 Å². The Morgan fingerprint density at radius 2 is 2.12 bits per heavy atom. The number of carbonyl (C=O) groups excluding carboxylic acids is 1. The minimum Gasteiger partial charge on any atom is -0.349 e. The number of carbonyl (C=O) groups is 1. The first-order valence-corrected chi connectivity index (χ1v) is 8.70. The average Bonchev–Trinajstić information content (AvgIpc) is 3.34. The van der Waals surface area contributed by atoms with Gasteiger partial charge in [0, 0.05) is 11.7 Å². The van der Waals surface area contributed by atoms with Gasteiger partial charge in [-0.2, -0.15) is 5.10 Å². The lowest BCUT2D eigenvalue weighted by Crippen LogP contribution is -2.34. The highest BCUT2D eigenvalue weighted by atomic mass is 35.5. The van der Waals surface area contributed by atoms with Gasteiger partial charge in [-0.15, -0.1) is 0 Å². The Bertz CT molecular complexity index is 963. The first-order valence-electron chi connectivity index (χ1n) is 8.32. The van der Waals surface area contributed by atoms with E-state index in [4.69, 9.17) is 11.6 Å². The van der Waals surface area contributed by atoms with Crippen molar-refractivity contribution < 1.29 is 4.79 Å². The number of fused-ring (bicyclic) bond motifs is 1. The number of rotatable bonds is 4. The lowest BCUT2D eigenvalue weighted by Gasteiger charge is -2.12. The van der Waals surface area contributed by atoms with E-state index >= 15 is 0 Å². The van der Waals surface area contributed by atoms with Crippen LogP contribution in [-0.4, -0.2) is 31.5 Å². The molecule has 1 amide bonds. The van der Waals surface area contributed by atoms with Crippen LogP contribution in [0.2, 0.25) is 5.15 Å². The third-order valence-electron chi connectivity index (χ3n) is 4.56. The van der Waals surface area contributed by atoms with Gasteiger partial charge in [-0.1, -0.05) is 17.7 Å². The Balaban J connectivity index is 1.74. The molecule has 0 spiro atoms. The molecule has 25 heavy (non-hydrogen) atoms. The molecule has 1 aliphatic rings. The molecule has 1 atom stereocenters. The predicted molar refractivity (Wildman–Crippen MR) is 95.6 cm³/mol. The summed E-state index contributed by atoms with van der Waals surface area (Å²) in [4.78, 5) is 21.6. The van der Waals surface area contributed by atoms with E-state index in [1.165, 1.54) is 12.8 Å². The number of hydrogen-bond donors (Lipinski definition) is 1. The van der Waals surface area contributed by atoms with E-state index < -0.39 is 0 Å². The van der Waals surface area contributed by atoms with Crippen molar-refractivity contribution in [1.29, 1.82) is 0 Å². The van der Waals surface area contributed by atoms with Crippen molar-refractivity contribution in [2.24, 2.45) is 5.92 Å². The van der Waals surface area contributed by atoms with Crippen LogP contribution in [0.3, 0.4) is 0 Å². The van der Waals surface area contributed by atoms with Crippen molar-refractivity contribution >= 4 is 23.2 Å². The summed E-state index contributed by atoms with van der Waals surface area (Å²) >= 11 is 5.99. The Kier molecular flexibility index (Phi) is 3.92. The van der Waals surface area contributed by atoms with Gasteiger partial charge in [0.1, 0.15) is 10.7 Å². The number of hydrogen-bond acceptors (Lipinski definition) is 4. The monoisotopic (exact) mass is 355 g/mol. The van der Waals surface area contributed by atoms with E-state index in [-0.39, 0.29) is 11.9 Å². The van der Waals surface area contributed by atoms with E-state index in [1.807, 2.05) is 32.0 Å². The minimum absolute atomic E-state index is 0.141. The first-order chi connectivity index (χ1) is 12.0. The summed E-state index contributed by atoms with van der Waals surface area (Å²) in [5.41, 5.74) is 3.20. The first kappa shape index (κ1) is 16.0. The van der Waals surface area contributed by atoms with Gasteiger partial charge in [0.25, 0.3) is 5.91 Å². The molecule has 0 radical (unpaired) electrons. The summed E-state index contributed by atoms with van der Waals surface area (Å²) in [5, 5.41) is 7.77. The van der Waals surface area contributed by atoms with Crippen molar-refractivity contribution in [1.82, 2.24) is 24.9 Å². The molecule has 3 aromatic heterocycles. The fourth-order valence-electron chi connectivity index (χ4n) is 2.95. The van der Waals surface area contributed by atoms with Crippen LogP contribution >= 0.6 is 11.6 Å². The summed E-state index contributed by atoms with van der Waals surface area (Å²) in [6.07, 6.45) is 3.93. The second-order valence-electron chi connectivity index (χ2n) is 6.52. The quantitative estimate of drug-likeness (QED) is 0.729. The Morgan fingerprint density at radius 1 is 1.32 bits per heavy atom. The van der Waals surface area contributed by atoms with Crippen LogP contribution in [0.15, 0.2) is 30.5 Å². The predicted octanol–water partition coefficient (Wildman–Crippen LogP) is 3.28. The summed E-state index contributed by atoms with van der Waals surface area (Å²) in [7, 11) is 0. The number of aromatic nitrogens is 4. The van der Waals surface area contributed by atoms with Gasteiger partial charge in [0.15, 0.2) is 5.65 Å². The number of amides is 1. The Hall–Kier alpha value is -2.47. The molecule has 1 fully saturated rings. The maximum atomic E-state index is 12.6. The van der Waals surface area contributed by atoms with Gasteiger partial charge < -0.3 is 5.32 Å². The smallest absolute Gasteiger partial charge is 0.256 e. The van der Waals surface area contributed by atoms with Crippen molar-refractivity contribution in [2.45, 2.75) is 32.7 Å². The lowest BCUT2D eigenvalue weighted by molar-refractivity contribution is 0.0937. The van der Waals surface area contributed by atoms with E-state index in [0.717, 1.165) is 5.69 Å². The normalized spacial score (nSPS) is 15.3. The summed E-state index contributed by atoms with van der Waals surface area (Å²) in [6.45, 7) is 3.96. The highest BCUT2D eigenvalue weighted by Gasteiger charge is 2.30. The number of aryl methyl sites for hydroxylation is 1. The fraction of sp³-hybridized carbons (Fsp3) is 0.333. The number of nitrogens with one attached hydrogen (secondary N) is 1. The fourth-order valence-corrected chi connectivity index (χ4v) is 3.12. The average molecular weight is 356 g/mol. The molecule has 0 bridgehead atoms. The van der Waals surface area contributed by atoms with Crippen LogP contribution in [0.25, 0.3) is 17.0 Å². The second kappa shape index (κ2) is 6.11. The highest BCUT2D eigenvalue weighted by Crippen LogP contribution is 2.32. The van der Waals surface area contributed by atoms with Gasteiger partial charge >= 0.3 is 0 Å². The molecule has 128 valence electrons. The molecule has 0 aliphatic heterocycles. The summed E-state index contributed by atoms with van der Waals surface area (Å²) < 4.78 is 1.67. The maximum Gasteiger partial charge on any atom is 0.256 e. The van der Waals surface area contributed by atoms with Gasteiger partial charge in [-0.25, -0.2) is 14.5 Å². The van der Waals surface area contributed by atoms with E-state index in [2.05, 4.69) is 20.4 Å². The molecule has 0 saturated heterocycles. The second-order valence-corrected chi connectivity index (χ2v) is 6.91. The Labute approximate surface area is 150 Å². The zero-order valence-electron chi connectivity index (χ0n) is 14.0. The molecule has 6 nitrogen and oxygen atoms in total. The molecule has 1 N–H and O–H groups in total. The molecule has 0 unspecified atom stereocenters. The van der Waals surface area contributed by atoms with Crippen molar-refractivity contribution in [3.8, 4) is 11.4 Å². The third-order valence-corrected chi connectivity index (χ3v) is 4.77. The highest BCUT2D eigenvalue weighted by molar-refractivity contribution is 6.29. The lowest BCUT2D eigenvalue weighted by atomic mass is 10.2. The van der Waals surface area contributed by atoms with Gasteiger partial charge in [-0.05, 0) is 50.8 Å². The van der Waals surface area contributed by atoms with Crippen molar-refractivity contribution in [3.63, 3.8) is 0 Å². The zero-order chi connectivity index (χ0) is 17.6. The van der Waals surface area contributed by atoms with E-state index in [9.17, 15) is 4.79 Å². The van der Waals surface area contributed by atoms with Gasteiger partial charge in [0.05, 0.1) is 17.6 Å². The molecule has 4 rings (SSSR count). The SMILES string of the molecule is Cc1cc(-c2cccc(Cl)n2)nc2c(C(=O)N[C@H](C)C3CC3)cnn12. The van der Waals surface area contributed by atoms with Crippen LogP contribution in [0.5, 0.6) is 0 Å². The van der Waals surface area contributed by atoms with Crippen molar-refractivity contribution in [3.05, 3.63) is 46.9 Å². The maximum absolute atomic E-state index is 12.6. The van der Waals surface area contributed by atoms with Crippen LogP contribution in [0.1, 0.15) is 35.8 Å². The number of nitrogens with zero attached hydrogens (tertiary/aromatic N) is 4.